The van der Waals surface area contributed by atoms with Gasteiger partial charge in [0.25, 0.3) is 0 Å². The first-order valence-corrected chi connectivity index (χ1v) is 6.90. The maximum atomic E-state index is 13.0. The maximum Gasteiger partial charge on any atom is 0.224 e. The SMILES string of the molecule is O=C(CCc1ccc(F)c(F)c1)Nc1cc(Cl)ccc1Cl. The topological polar surface area (TPSA) is 29.1 Å². The van der Waals surface area contributed by atoms with Crippen molar-refractivity contribution in [3.8, 4) is 0 Å². The van der Waals surface area contributed by atoms with Crippen LogP contribution in [0.15, 0.2) is 36.4 Å². The van der Waals surface area contributed by atoms with Crippen LogP contribution < -0.4 is 5.32 Å². The van der Waals surface area contributed by atoms with Crippen molar-refractivity contribution in [1.82, 2.24) is 0 Å². The molecule has 0 aliphatic carbocycles. The van der Waals surface area contributed by atoms with Crippen LogP contribution >= 0.6 is 23.2 Å². The van der Waals surface area contributed by atoms with Gasteiger partial charge < -0.3 is 5.32 Å². The van der Waals surface area contributed by atoms with Crippen molar-refractivity contribution in [1.29, 1.82) is 0 Å². The molecule has 1 N–H and O–H groups in total. The van der Waals surface area contributed by atoms with Crippen molar-refractivity contribution in [3.05, 3.63) is 63.6 Å². The minimum Gasteiger partial charge on any atom is -0.325 e. The smallest absolute Gasteiger partial charge is 0.224 e. The summed E-state index contributed by atoms with van der Waals surface area (Å²) in [6.45, 7) is 0. The van der Waals surface area contributed by atoms with E-state index in [1.807, 2.05) is 0 Å². The number of rotatable bonds is 4. The fraction of sp³-hybridized carbons (Fsp3) is 0.133. The maximum absolute atomic E-state index is 13.0. The van der Waals surface area contributed by atoms with E-state index in [-0.39, 0.29) is 12.3 Å². The lowest BCUT2D eigenvalue weighted by atomic mass is 10.1. The number of carbonyl (C=O) groups is 1. The molecule has 2 rings (SSSR count). The molecule has 0 aliphatic heterocycles. The number of nitrogens with one attached hydrogen (secondary N) is 1. The molecule has 0 fully saturated rings. The fourth-order valence-electron chi connectivity index (χ4n) is 1.76. The van der Waals surface area contributed by atoms with Crippen LogP contribution in [0.5, 0.6) is 0 Å². The zero-order chi connectivity index (χ0) is 15.4. The Balaban J connectivity index is 1.95. The molecular formula is C15H11Cl2F2NO. The molecule has 0 heterocycles. The molecule has 0 unspecified atom stereocenters. The minimum absolute atomic E-state index is 0.119. The molecule has 2 aromatic carbocycles. The highest BCUT2D eigenvalue weighted by Gasteiger charge is 2.08. The quantitative estimate of drug-likeness (QED) is 0.854. The first-order valence-electron chi connectivity index (χ1n) is 6.14. The number of anilines is 1. The lowest BCUT2D eigenvalue weighted by molar-refractivity contribution is -0.116. The van der Waals surface area contributed by atoms with E-state index in [9.17, 15) is 13.6 Å². The van der Waals surface area contributed by atoms with Gasteiger partial charge >= 0.3 is 0 Å². The van der Waals surface area contributed by atoms with E-state index in [0.29, 0.717) is 27.7 Å². The van der Waals surface area contributed by atoms with Crippen LogP contribution in [0.4, 0.5) is 14.5 Å². The number of aryl methyl sites for hydroxylation is 1. The van der Waals surface area contributed by atoms with Crippen LogP contribution in [-0.4, -0.2) is 5.91 Å². The van der Waals surface area contributed by atoms with Gasteiger partial charge in [0.15, 0.2) is 11.6 Å². The molecule has 0 aliphatic rings. The summed E-state index contributed by atoms with van der Waals surface area (Å²) in [6, 6.07) is 8.29. The molecule has 0 radical (unpaired) electrons. The Kier molecular flexibility index (Phi) is 5.15. The number of amides is 1. The first-order chi connectivity index (χ1) is 9.95. The van der Waals surface area contributed by atoms with E-state index in [0.717, 1.165) is 12.1 Å². The highest BCUT2D eigenvalue weighted by Crippen LogP contribution is 2.25. The summed E-state index contributed by atoms with van der Waals surface area (Å²) in [5.74, 6) is -2.12. The van der Waals surface area contributed by atoms with Crippen molar-refractivity contribution < 1.29 is 13.6 Å². The third-order valence-electron chi connectivity index (χ3n) is 2.83. The fourth-order valence-corrected chi connectivity index (χ4v) is 2.10. The Morgan fingerprint density at radius 2 is 1.81 bits per heavy atom. The summed E-state index contributed by atoms with van der Waals surface area (Å²) in [5, 5.41) is 3.45. The Hall–Kier alpha value is -1.65. The molecule has 1 amide bonds. The van der Waals surface area contributed by atoms with E-state index in [2.05, 4.69) is 5.32 Å². The Bertz CT molecular complexity index is 677. The number of halogens is 4. The van der Waals surface area contributed by atoms with Crippen molar-refractivity contribution in [2.45, 2.75) is 12.8 Å². The van der Waals surface area contributed by atoms with Crippen molar-refractivity contribution >= 4 is 34.8 Å². The largest absolute Gasteiger partial charge is 0.325 e. The summed E-state index contributed by atoms with van der Waals surface area (Å²) >= 11 is 11.7. The summed E-state index contributed by atoms with van der Waals surface area (Å²) in [7, 11) is 0. The van der Waals surface area contributed by atoms with Gasteiger partial charge in [0.1, 0.15) is 0 Å². The predicted molar refractivity (Wildman–Crippen MR) is 79.8 cm³/mol. The third kappa shape index (κ3) is 4.41. The molecule has 0 saturated carbocycles. The van der Waals surface area contributed by atoms with E-state index in [4.69, 9.17) is 23.2 Å². The van der Waals surface area contributed by atoms with Crippen LogP contribution in [0, 0.1) is 11.6 Å². The normalized spacial score (nSPS) is 10.5. The first kappa shape index (κ1) is 15.7. The molecule has 0 aromatic heterocycles. The highest BCUT2D eigenvalue weighted by atomic mass is 35.5. The Morgan fingerprint density at radius 1 is 1.05 bits per heavy atom. The molecule has 21 heavy (non-hydrogen) atoms. The van der Waals surface area contributed by atoms with E-state index in [1.165, 1.54) is 6.07 Å². The van der Waals surface area contributed by atoms with Crippen molar-refractivity contribution in [3.63, 3.8) is 0 Å². The second kappa shape index (κ2) is 6.87. The van der Waals surface area contributed by atoms with Crippen LogP contribution in [-0.2, 0) is 11.2 Å². The lowest BCUT2D eigenvalue weighted by Crippen LogP contribution is -2.12. The van der Waals surface area contributed by atoms with Gasteiger partial charge in [0, 0.05) is 11.4 Å². The van der Waals surface area contributed by atoms with Gasteiger partial charge in [-0.2, -0.15) is 0 Å². The number of benzene rings is 2. The molecule has 2 nitrogen and oxygen atoms in total. The van der Waals surface area contributed by atoms with Crippen LogP contribution in [0.3, 0.4) is 0 Å². The molecular weight excluding hydrogens is 319 g/mol. The predicted octanol–water partition coefficient (Wildman–Crippen LogP) is 4.84. The van der Waals surface area contributed by atoms with Crippen molar-refractivity contribution in [2.24, 2.45) is 0 Å². The van der Waals surface area contributed by atoms with Gasteiger partial charge in [-0.3, -0.25) is 4.79 Å². The molecule has 0 atom stereocenters. The molecule has 0 bridgehead atoms. The lowest BCUT2D eigenvalue weighted by Gasteiger charge is -2.08. The summed E-state index contributed by atoms with van der Waals surface area (Å²) in [6.07, 6.45) is 0.412. The number of hydrogen-bond donors (Lipinski definition) is 1. The monoisotopic (exact) mass is 329 g/mol. The third-order valence-corrected chi connectivity index (χ3v) is 3.39. The standard InChI is InChI=1S/C15H11Cl2F2NO/c16-10-3-4-11(17)14(8-10)20-15(21)6-2-9-1-5-12(18)13(19)7-9/h1,3-5,7-8H,2,6H2,(H,20,21). The Labute approximate surface area is 130 Å². The average molecular weight is 330 g/mol. The minimum atomic E-state index is -0.925. The summed E-state index contributed by atoms with van der Waals surface area (Å²) in [5.41, 5.74) is 0.959. The number of carbonyl (C=O) groups excluding carboxylic acids is 1. The van der Waals surface area contributed by atoms with Gasteiger partial charge in [-0.1, -0.05) is 29.3 Å². The summed E-state index contributed by atoms with van der Waals surface area (Å²) < 4.78 is 25.8. The van der Waals surface area contributed by atoms with E-state index < -0.39 is 11.6 Å². The zero-order valence-corrected chi connectivity index (χ0v) is 12.3. The van der Waals surface area contributed by atoms with Gasteiger partial charge in [-0.15, -0.1) is 0 Å². The highest BCUT2D eigenvalue weighted by molar-refractivity contribution is 6.35. The van der Waals surface area contributed by atoms with Crippen LogP contribution in [0.25, 0.3) is 0 Å². The van der Waals surface area contributed by atoms with Gasteiger partial charge in [-0.05, 0) is 42.3 Å². The zero-order valence-electron chi connectivity index (χ0n) is 10.8. The van der Waals surface area contributed by atoms with E-state index >= 15 is 0 Å². The van der Waals surface area contributed by atoms with Crippen molar-refractivity contribution in [2.75, 3.05) is 5.32 Å². The molecule has 110 valence electrons. The number of hydrogen-bond acceptors (Lipinski definition) is 1. The molecule has 6 heteroatoms. The van der Waals surface area contributed by atoms with Gasteiger partial charge in [0.2, 0.25) is 5.91 Å². The average Bonchev–Trinajstić information content (AvgIpc) is 2.44. The molecule has 0 spiro atoms. The molecule has 0 saturated heterocycles. The van der Waals surface area contributed by atoms with Crippen LogP contribution in [0.2, 0.25) is 10.0 Å². The Morgan fingerprint density at radius 3 is 2.52 bits per heavy atom. The van der Waals surface area contributed by atoms with E-state index in [1.54, 1.807) is 18.2 Å². The molecule has 2 aromatic rings. The second-order valence-electron chi connectivity index (χ2n) is 4.42. The van der Waals surface area contributed by atoms with Gasteiger partial charge in [0.05, 0.1) is 10.7 Å². The second-order valence-corrected chi connectivity index (χ2v) is 5.26. The van der Waals surface area contributed by atoms with Crippen LogP contribution in [0.1, 0.15) is 12.0 Å². The van der Waals surface area contributed by atoms with Gasteiger partial charge in [-0.25, -0.2) is 8.78 Å². The summed E-state index contributed by atoms with van der Waals surface area (Å²) in [4.78, 5) is 11.8.